The van der Waals surface area contributed by atoms with Crippen LogP contribution < -0.4 is 11.2 Å². The number of hydrogen-bond acceptors (Lipinski definition) is 5. The molecule has 0 aliphatic carbocycles. The number of aliphatic hydroxyl groups excluding tert-OH is 2. The number of rotatable bonds is 3. The SMILES string of the molecule is CCCc1cc(=O)[nH]c(=O)n1C1O[C@H](C)[C@@H](O)[C@H]1O. The number of nitrogens with zero attached hydrogens (tertiary/aromatic N) is 1. The number of H-pyrrole nitrogens is 1. The molecule has 4 atom stereocenters. The highest BCUT2D eigenvalue weighted by Crippen LogP contribution is 2.28. The van der Waals surface area contributed by atoms with Crippen LogP contribution in [0, 0.1) is 0 Å². The largest absolute Gasteiger partial charge is 0.388 e. The van der Waals surface area contributed by atoms with Gasteiger partial charge in [-0.3, -0.25) is 14.3 Å². The second kappa shape index (κ2) is 5.28. The third-order valence-corrected chi connectivity index (χ3v) is 3.29. The van der Waals surface area contributed by atoms with Crippen molar-refractivity contribution in [2.24, 2.45) is 0 Å². The summed E-state index contributed by atoms with van der Waals surface area (Å²) in [6, 6.07) is 1.32. The summed E-state index contributed by atoms with van der Waals surface area (Å²) in [5, 5.41) is 19.6. The highest BCUT2D eigenvalue weighted by atomic mass is 16.6. The maximum absolute atomic E-state index is 11.9. The topological polar surface area (TPSA) is 105 Å². The lowest BCUT2D eigenvalue weighted by molar-refractivity contribution is -0.0367. The Balaban J connectivity index is 2.50. The molecule has 0 aromatic carbocycles. The van der Waals surface area contributed by atoms with Crippen LogP contribution in [0.2, 0.25) is 0 Å². The number of ether oxygens (including phenoxy) is 1. The van der Waals surface area contributed by atoms with E-state index in [0.717, 1.165) is 6.42 Å². The Kier molecular flexibility index (Phi) is 3.88. The zero-order valence-electron chi connectivity index (χ0n) is 10.9. The molecule has 1 aromatic heterocycles. The van der Waals surface area contributed by atoms with Crippen molar-refractivity contribution < 1.29 is 14.9 Å². The Morgan fingerprint density at radius 2 is 2.05 bits per heavy atom. The highest BCUT2D eigenvalue weighted by molar-refractivity contribution is 5.05. The summed E-state index contributed by atoms with van der Waals surface area (Å²) in [5.74, 6) is 0. The zero-order chi connectivity index (χ0) is 14.2. The number of aryl methyl sites for hydroxylation is 1. The van der Waals surface area contributed by atoms with Crippen LogP contribution in [-0.4, -0.2) is 38.1 Å². The molecule has 0 bridgehead atoms. The number of aliphatic hydroxyl groups is 2. The Morgan fingerprint density at radius 1 is 1.37 bits per heavy atom. The van der Waals surface area contributed by atoms with Crippen LogP contribution in [0.15, 0.2) is 15.7 Å². The lowest BCUT2D eigenvalue weighted by atomic mass is 10.1. The first kappa shape index (κ1) is 14.0. The van der Waals surface area contributed by atoms with Crippen LogP contribution in [0.25, 0.3) is 0 Å². The van der Waals surface area contributed by atoms with E-state index in [1.165, 1.54) is 10.6 Å². The van der Waals surface area contributed by atoms with Gasteiger partial charge in [-0.15, -0.1) is 0 Å². The van der Waals surface area contributed by atoms with Gasteiger partial charge in [0.05, 0.1) is 6.10 Å². The summed E-state index contributed by atoms with van der Waals surface area (Å²) in [6.07, 6.45) is -2.56. The van der Waals surface area contributed by atoms with E-state index in [-0.39, 0.29) is 0 Å². The van der Waals surface area contributed by atoms with E-state index >= 15 is 0 Å². The van der Waals surface area contributed by atoms with Crippen molar-refractivity contribution in [1.82, 2.24) is 9.55 Å². The summed E-state index contributed by atoms with van der Waals surface area (Å²) < 4.78 is 6.63. The molecule has 1 aliphatic heterocycles. The molecule has 0 spiro atoms. The molecule has 106 valence electrons. The van der Waals surface area contributed by atoms with E-state index in [2.05, 4.69) is 4.98 Å². The van der Waals surface area contributed by atoms with E-state index in [1.807, 2.05) is 6.92 Å². The van der Waals surface area contributed by atoms with E-state index in [9.17, 15) is 19.8 Å². The maximum Gasteiger partial charge on any atom is 0.330 e. The van der Waals surface area contributed by atoms with Crippen LogP contribution in [0.1, 0.15) is 32.2 Å². The number of aromatic nitrogens is 2. The molecule has 1 saturated heterocycles. The van der Waals surface area contributed by atoms with Crippen molar-refractivity contribution in [3.8, 4) is 0 Å². The molecule has 1 unspecified atom stereocenters. The van der Waals surface area contributed by atoms with Crippen LogP contribution in [-0.2, 0) is 11.2 Å². The van der Waals surface area contributed by atoms with Crippen molar-refractivity contribution in [3.63, 3.8) is 0 Å². The molecule has 2 heterocycles. The van der Waals surface area contributed by atoms with Gasteiger partial charge in [0.2, 0.25) is 0 Å². The second-order valence-corrected chi connectivity index (χ2v) is 4.76. The fraction of sp³-hybridized carbons (Fsp3) is 0.667. The van der Waals surface area contributed by atoms with Crippen molar-refractivity contribution in [1.29, 1.82) is 0 Å². The molecule has 1 aliphatic rings. The summed E-state index contributed by atoms with van der Waals surface area (Å²) in [7, 11) is 0. The molecule has 3 N–H and O–H groups in total. The quantitative estimate of drug-likeness (QED) is 0.662. The third kappa shape index (κ3) is 2.49. The first-order valence-corrected chi connectivity index (χ1v) is 6.32. The Labute approximate surface area is 109 Å². The van der Waals surface area contributed by atoms with Gasteiger partial charge < -0.3 is 14.9 Å². The van der Waals surface area contributed by atoms with Crippen molar-refractivity contribution in [2.75, 3.05) is 0 Å². The van der Waals surface area contributed by atoms with Gasteiger partial charge in [-0.25, -0.2) is 4.79 Å². The highest BCUT2D eigenvalue weighted by Gasteiger charge is 2.42. The maximum atomic E-state index is 11.9. The zero-order valence-corrected chi connectivity index (χ0v) is 10.9. The normalized spacial score (nSPS) is 30.7. The predicted octanol–water partition coefficient (Wildman–Crippen LogP) is -0.872. The first-order valence-electron chi connectivity index (χ1n) is 6.32. The van der Waals surface area contributed by atoms with Gasteiger partial charge in [-0.2, -0.15) is 0 Å². The van der Waals surface area contributed by atoms with Crippen molar-refractivity contribution in [2.45, 2.75) is 51.2 Å². The van der Waals surface area contributed by atoms with Crippen molar-refractivity contribution >= 4 is 0 Å². The average Bonchev–Trinajstić information content (AvgIpc) is 2.57. The molecule has 1 fully saturated rings. The number of aromatic amines is 1. The molecular weight excluding hydrogens is 252 g/mol. The average molecular weight is 270 g/mol. The number of nitrogens with one attached hydrogen (secondary N) is 1. The van der Waals surface area contributed by atoms with Crippen molar-refractivity contribution in [3.05, 3.63) is 32.6 Å². The Bertz CT molecular complexity index is 564. The van der Waals surface area contributed by atoms with Gasteiger partial charge in [0.15, 0.2) is 6.23 Å². The summed E-state index contributed by atoms with van der Waals surface area (Å²) in [4.78, 5) is 25.4. The molecule has 7 nitrogen and oxygen atoms in total. The Morgan fingerprint density at radius 3 is 2.58 bits per heavy atom. The third-order valence-electron chi connectivity index (χ3n) is 3.29. The van der Waals surface area contributed by atoms with Crippen LogP contribution in [0.5, 0.6) is 0 Å². The van der Waals surface area contributed by atoms with Gasteiger partial charge in [-0.05, 0) is 13.3 Å². The van der Waals surface area contributed by atoms with Gasteiger partial charge in [0.1, 0.15) is 12.2 Å². The van der Waals surface area contributed by atoms with E-state index in [4.69, 9.17) is 4.74 Å². The van der Waals surface area contributed by atoms with Gasteiger partial charge in [0, 0.05) is 11.8 Å². The van der Waals surface area contributed by atoms with E-state index in [1.54, 1.807) is 6.92 Å². The lowest BCUT2D eigenvalue weighted by Crippen LogP contribution is -2.39. The van der Waals surface area contributed by atoms with Crippen LogP contribution in [0.3, 0.4) is 0 Å². The molecule has 0 radical (unpaired) electrons. The summed E-state index contributed by atoms with van der Waals surface area (Å²) in [6.45, 7) is 3.53. The standard InChI is InChI=1S/C12H18N2O5/c1-3-4-7-5-8(15)13-12(18)14(7)11-10(17)9(16)6(2)19-11/h5-6,9-11,16-17H,3-4H2,1-2H3,(H,13,15,18)/t6-,9-,10-,11?/m1/s1. The van der Waals surface area contributed by atoms with Crippen LogP contribution >= 0.6 is 0 Å². The summed E-state index contributed by atoms with van der Waals surface area (Å²) >= 11 is 0. The predicted molar refractivity (Wildman–Crippen MR) is 66.9 cm³/mol. The first-order chi connectivity index (χ1) is 8.95. The minimum atomic E-state index is -1.20. The van der Waals surface area contributed by atoms with Crippen LogP contribution in [0.4, 0.5) is 0 Å². The molecule has 2 rings (SSSR count). The minimum absolute atomic E-state index is 0.481. The van der Waals surface area contributed by atoms with Gasteiger partial charge in [-0.1, -0.05) is 13.3 Å². The smallest absolute Gasteiger partial charge is 0.330 e. The fourth-order valence-electron chi connectivity index (χ4n) is 2.32. The van der Waals surface area contributed by atoms with Gasteiger partial charge >= 0.3 is 5.69 Å². The molecule has 0 amide bonds. The van der Waals surface area contributed by atoms with E-state index in [0.29, 0.717) is 12.1 Å². The fourth-order valence-corrected chi connectivity index (χ4v) is 2.32. The number of hydrogen-bond donors (Lipinski definition) is 3. The summed E-state index contributed by atoms with van der Waals surface area (Å²) in [5.41, 5.74) is -0.631. The molecule has 0 saturated carbocycles. The second-order valence-electron chi connectivity index (χ2n) is 4.76. The van der Waals surface area contributed by atoms with Gasteiger partial charge in [0.25, 0.3) is 5.56 Å². The monoisotopic (exact) mass is 270 g/mol. The minimum Gasteiger partial charge on any atom is -0.388 e. The lowest BCUT2D eigenvalue weighted by Gasteiger charge is -2.20. The van der Waals surface area contributed by atoms with E-state index < -0.39 is 35.8 Å². The molecule has 7 heteroatoms. The molecule has 1 aromatic rings. The molecular formula is C12H18N2O5. The Hall–Kier alpha value is -1.44. The molecule has 19 heavy (non-hydrogen) atoms.